The maximum Gasteiger partial charge on any atom is 0.412 e. The van der Waals surface area contributed by atoms with Crippen LogP contribution < -0.4 is 5.32 Å². The van der Waals surface area contributed by atoms with E-state index in [0.717, 1.165) is 6.42 Å². The molecule has 1 aromatic carbocycles. The Morgan fingerprint density at radius 1 is 1.22 bits per heavy atom. The van der Waals surface area contributed by atoms with Crippen LogP contribution in [0.1, 0.15) is 69.7 Å². The number of anilines is 1. The summed E-state index contributed by atoms with van der Waals surface area (Å²) in [5.74, 6) is 0.327. The molecule has 0 unspecified atom stereocenters. The Kier molecular flexibility index (Phi) is 7.11. The third-order valence-corrected chi connectivity index (χ3v) is 4.82. The summed E-state index contributed by atoms with van der Waals surface area (Å²) in [5, 5.41) is 12.8. The molecule has 0 aromatic heterocycles. The number of phenolic OH excluding ortho intramolecular Hbond substituents is 1. The maximum absolute atomic E-state index is 12.6. The molecular weight excluding hydrogens is 344 g/mol. The number of hydrogen-bond acceptors (Lipinski definition) is 4. The van der Waals surface area contributed by atoms with Gasteiger partial charge >= 0.3 is 6.09 Å². The van der Waals surface area contributed by atoms with Crippen molar-refractivity contribution in [3.05, 3.63) is 23.8 Å². The Morgan fingerprint density at radius 3 is 2.48 bits per heavy atom. The van der Waals surface area contributed by atoms with Gasteiger partial charge in [-0.1, -0.05) is 32.1 Å². The van der Waals surface area contributed by atoms with E-state index >= 15 is 0 Å². The van der Waals surface area contributed by atoms with Gasteiger partial charge in [0.15, 0.2) is 0 Å². The van der Waals surface area contributed by atoms with E-state index in [1.165, 1.54) is 44.2 Å². The zero-order chi connectivity index (χ0) is 20.0. The topological polar surface area (TPSA) is 78.9 Å². The second-order valence-corrected chi connectivity index (χ2v) is 8.38. The lowest BCUT2D eigenvalue weighted by molar-refractivity contribution is 0.0635. The van der Waals surface area contributed by atoms with Crippen LogP contribution in [0.2, 0.25) is 0 Å². The highest BCUT2D eigenvalue weighted by molar-refractivity contribution is 5.97. The molecule has 0 heterocycles. The van der Waals surface area contributed by atoms with E-state index in [1.54, 1.807) is 38.8 Å². The number of rotatable bonds is 5. The van der Waals surface area contributed by atoms with Crippen LogP contribution in [0.5, 0.6) is 5.75 Å². The number of nitrogens with zero attached hydrogens (tertiary/aromatic N) is 1. The highest BCUT2D eigenvalue weighted by Gasteiger charge is 2.20. The number of phenols is 1. The lowest BCUT2D eigenvalue weighted by atomic mass is 9.87. The molecular formula is C21H32N2O4. The quantitative estimate of drug-likeness (QED) is 0.775. The normalized spacial score (nSPS) is 15.3. The summed E-state index contributed by atoms with van der Waals surface area (Å²) in [7, 11) is 1.76. The van der Waals surface area contributed by atoms with Gasteiger partial charge in [-0.25, -0.2) is 4.79 Å². The number of ether oxygens (including phenoxy) is 1. The minimum atomic E-state index is -0.608. The second kappa shape index (κ2) is 9.11. The van der Waals surface area contributed by atoms with Gasteiger partial charge in [-0.3, -0.25) is 10.1 Å². The van der Waals surface area contributed by atoms with Crippen LogP contribution in [0.15, 0.2) is 18.2 Å². The van der Waals surface area contributed by atoms with Crippen molar-refractivity contribution in [3.8, 4) is 5.75 Å². The fraction of sp³-hybridized carbons (Fsp3) is 0.619. The summed E-state index contributed by atoms with van der Waals surface area (Å²) in [4.78, 5) is 26.1. The monoisotopic (exact) mass is 376 g/mol. The molecule has 6 nitrogen and oxygen atoms in total. The largest absolute Gasteiger partial charge is 0.507 e. The van der Waals surface area contributed by atoms with Gasteiger partial charge in [-0.05, 0) is 45.2 Å². The van der Waals surface area contributed by atoms with E-state index in [-0.39, 0.29) is 17.2 Å². The lowest BCUT2D eigenvalue weighted by Gasteiger charge is -2.25. The molecule has 1 fully saturated rings. The molecule has 1 saturated carbocycles. The molecule has 0 radical (unpaired) electrons. The summed E-state index contributed by atoms with van der Waals surface area (Å²) in [6.45, 7) is 6.00. The fourth-order valence-electron chi connectivity index (χ4n) is 3.37. The number of hydrogen-bond donors (Lipinski definition) is 2. The van der Waals surface area contributed by atoms with Crippen molar-refractivity contribution in [1.29, 1.82) is 0 Å². The predicted octanol–water partition coefficient (Wildman–Crippen LogP) is 4.78. The molecule has 0 aliphatic heterocycles. The molecule has 2 rings (SSSR count). The Morgan fingerprint density at radius 2 is 1.89 bits per heavy atom. The summed E-state index contributed by atoms with van der Waals surface area (Å²) in [6.07, 6.45) is 6.79. The lowest BCUT2D eigenvalue weighted by Crippen LogP contribution is -2.29. The first-order valence-electron chi connectivity index (χ1n) is 9.74. The first-order valence-corrected chi connectivity index (χ1v) is 9.74. The summed E-state index contributed by atoms with van der Waals surface area (Å²) >= 11 is 0. The molecule has 0 atom stereocenters. The molecule has 0 bridgehead atoms. The standard InChI is InChI=1S/C21H32N2O4/c1-21(2,3)27-20(26)22-16-10-11-17(18(24)14-16)19(25)23(4)13-12-15-8-6-5-7-9-15/h10-11,14-15,24H,5-9,12-13H2,1-4H3,(H,22,26). The molecule has 2 amide bonds. The average Bonchev–Trinajstić information content (AvgIpc) is 2.58. The summed E-state index contributed by atoms with van der Waals surface area (Å²) < 4.78 is 5.18. The minimum Gasteiger partial charge on any atom is -0.507 e. The van der Waals surface area contributed by atoms with Crippen LogP contribution >= 0.6 is 0 Å². The smallest absolute Gasteiger partial charge is 0.412 e. The molecule has 6 heteroatoms. The summed E-state index contributed by atoms with van der Waals surface area (Å²) in [5.41, 5.74) is 0.00217. The molecule has 1 aliphatic carbocycles. The van der Waals surface area contributed by atoms with Gasteiger partial charge in [0.1, 0.15) is 11.4 Å². The molecule has 150 valence electrons. The third kappa shape index (κ3) is 6.77. The number of benzene rings is 1. The molecule has 0 spiro atoms. The second-order valence-electron chi connectivity index (χ2n) is 8.38. The SMILES string of the molecule is CN(CCC1CCCCC1)C(=O)c1ccc(NC(=O)OC(C)(C)C)cc1O. The first-order chi connectivity index (χ1) is 12.7. The zero-order valence-electron chi connectivity index (χ0n) is 16.9. The van der Waals surface area contributed by atoms with Crippen molar-refractivity contribution >= 4 is 17.7 Å². The van der Waals surface area contributed by atoms with Gasteiger partial charge in [0.2, 0.25) is 0 Å². The van der Waals surface area contributed by atoms with E-state index in [1.807, 2.05) is 0 Å². The van der Waals surface area contributed by atoms with E-state index in [4.69, 9.17) is 4.74 Å². The predicted molar refractivity (Wildman–Crippen MR) is 106 cm³/mol. The minimum absolute atomic E-state index is 0.155. The van der Waals surface area contributed by atoms with Crippen LogP contribution in [0, 0.1) is 5.92 Å². The molecule has 0 saturated heterocycles. The maximum atomic E-state index is 12.6. The van der Waals surface area contributed by atoms with E-state index in [9.17, 15) is 14.7 Å². The number of carbonyl (C=O) groups is 2. The number of aromatic hydroxyl groups is 1. The van der Waals surface area contributed by atoms with Crippen molar-refractivity contribution in [3.63, 3.8) is 0 Å². The molecule has 1 aromatic rings. The van der Waals surface area contributed by atoms with Gasteiger partial charge in [0, 0.05) is 25.3 Å². The molecule has 27 heavy (non-hydrogen) atoms. The van der Waals surface area contributed by atoms with Gasteiger partial charge in [0.05, 0.1) is 5.56 Å². The van der Waals surface area contributed by atoms with Crippen molar-refractivity contribution < 1.29 is 19.4 Å². The van der Waals surface area contributed by atoms with Gasteiger partial charge in [-0.15, -0.1) is 0 Å². The van der Waals surface area contributed by atoms with Crippen LogP contribution in [0.3, 0.4) is 0 Å². The highest BCUT2D eigenvalue weighted by Crippen LogP contribution is 2.27. The number of nitrogens with one attached hydrogen (secondary N) is 1. The van der Waals surface area contributed by atoms with Crippen LogP contribution in [0.4, 0.5) is 10.5 Å². The zero-order valence-corrected chi connectivity index (χ0v) is 16.9. The van der Waals surface area contributed by atoms with Crippen molar-refractivity contribution in [2.75, 3.05) is 18.9 Å². The average molecular weight is 376 g/mol. The number of amides is 2. The van der Waals surface area contributed by atoms with Crippen molar-refractivity contribution in [2.24, 2.45) is 5.92 Å². The Bertz CT molecular complexity index is 661. The van der Waals surface area contributed by atoms with Gasteiger partial charge in [-0.2, -0.15) is 0 Å². The highest BCUT2D eigenvalue weighted by atomic mass is 16.6. The van der Waals surface area contributed by atoms with Crippen LogP contribution in [-0.4, -0.2) is 41.2 Å². The molecule has 2 N–H and O–H groups in total. The van der Waals surface area contributed by atoms with Gasteiger partial charge in [0.25, 0.3) is 5.91 Å². The van der Waals surface area contributed by atoms with E-state index in [2.05, 4.69) is 5.32 Å². The van der Waals surface area contributed by atoms with Crippen molar-refractivity contribution in [2.45, 2.75) is 64.9 Å². The van der Waals surface area contributed by atoms with Gasteiger partial charge < -0.3 is 14.7 Å². The fourth-order valence-corrected chi connectivity index (χ4v) is 3.37. The Balaban J connectivity index is 1.93. The van der Waals surface area contributed by atoms with Crippen LogP contribution in [0.25, 0.3) is 0 Å². The van der Waals surface area contributed by atoms with Crippen molar-refractivity contribution in [1.82, 2.24) is 4.90 Å². The summed E-state index contributed by atoms with van der Waals surface area (Å²) in [6, 6.07) is 4.49. The van der Waals surface area contributed by atoms with Crippen LogP contribution in [-0.2, 0) is 4.74 Å². The first kappa shape index (κ1) is 21.1. The third-order valence-electron chi connectivity index (χ3n) is 4.82. The van der Waals surface area contributed by atoms with E-state index in [0.29, 0.717) is 18.2 Å². The Labute approximate surface area is 161 Å². The van der Waals surface area contributed by atoms with E-state index < -0.39 is 11.7 Å². The molecule has 1 aliphatic rings. The number of carbonyl (C=O) groups excluding carboxylic acids is 2. The Hall–Kier alpha value is -2.24.